The van der Waals surface area contributed by atoms with Crippen molar-refractivity contribution in [3.63, 3.8) is 0 Å². The van der Waals surface area contributed by atoms with Crippen LogP contribution in [0, 0.1) is 0 Å². The maximum Gasteiger partial charge on any atom is 0.0233 e. The summed E-state index contributed by atoms with van der Waals surface area (Å²) in [4.78, 5) is 2.57. The molecule has 1 unspecified atom stereocenters. The van der Waals surface area contributed by atoms with Crippen molar-refractivity contribution in [3.8, 4) is 0 Å². The van der Waals surface area contributed by atoms with E-state index in [0.29, 0.717) is 5.92 Å². The molecule has 0 bridgehead atoms. The summed E-state index contributed by atoms with van der Waals surface area (Å²) >= 11 is 0. The molecule has 1 atom stereocenters. The van der Waals surface area contributed by atoms with Gasteiger partial charge in [-0.2, -0.15) is 0 Å². The van der Waals surface area contributed by atoms with E-state index < -0.39 is 0 Å². The lowest BCUT2D eigenvalue weighted by atomic mass is 9.99. The highest BCUT2D eigenvalue weighted by molar-refractivity contribution is 5.26. The van der Waals surface area contributed by atoms with Crippen LogP contribution in [0.4, 0.5) is 0 Å². The summed E-state index contributed by atoms with van der Waals surface area (Å²) in [6.07, 6.45) is 4.12. The smallest absolute Gasteiger partial charge is 0.0233 e. The van der Waals surface area contributed by atoms with Crippen molar-refractivity contribution in [2.45, 2.75) is 38.6 Å². The third-order valence-corrected chi connectivity index (χ3v) is 3.73. The van der Waals surface area contributed by atoms with Crippen molar-refractivity contribution < 1.29 is 0 Å². The van der Waals surface area contributed by atoms with Gasteiger partial charge in [-0.1, -0.05) is 37.6 Å². The molecule has 1 fully saturated rings. The van der Waals surface area contributed by atoms with E-state index in [9.17, 15) is 0 Å². The minimum absolute atomic E-state index is 0.469. The van der Waals surface area contributed by atoms with Crippen LogP contribution in [0.15, 0.2) is 24.3 Å². The topological polar surface area (TPSA) is 29.3 Å². The molecule has 1 saturated heterocycles. The molecule has 2 nitrogen and oxygen atoms in total. The Morgan fingerprint density at radius 2 is 2.00 bits per heavy atom. The number of hydrogen-bond acceptors (Lipinski definition) is 2. The molecule has 2 rings (SSSR count). The lowest BCUT2D eigenvalue weighted by Gasteiger charge is -2.26. The second kappa shape index (κ2) is 6.18. The summed E-state index contributed by atoms with van der Waals surface area (Å²) in [5.74, 6) is 0.469. The number of likely N-dealkylation sites (tertiary alicyclic amines) is 1. The molecule has 1 aromatic carbocycles. The van der Waals surface area contributed by atoms with Gasteiger partial charge in [0.05, 0.1) is 0 Å². The van der Waals surface area contributed by atoms with Gasteiger partial charge in [0.1, 0.15) is 0 Å². The SMILES string of the molecule is CC(CN)c1cccc(CN2CCCCC2)c1. The number of nitrogens with two attached hydrogens (primary N) is 1. The number of benzene rings is 1. The van der Waals surface area contributed by atoms with E-state index in [1.165, 1.54) is 43.5 Å². The molecule has 0 aliphatic carbocycles. The second-order valence-corrected chi connectivity index (χ2v) is 5.22. The minimum Gasteiger partial charge on any atom is -0.330 e. The van der Waals surface area contributed by atoms with Gasteiger partial charge in [-0.25, -0.2) is 0 Å². The Labute approximate surface area is 105 Å². The Hall–Kier alpha value is -0.860. The molecule has 0 amide bonds. The zero-order valence-corrected chi connectivity index (χ0v) is 10.9. The Morgan fingerprint density at radius 1 is 1.24 bits per heavy atom. The average Bonchev–Trinajstić information content (AvgIpc) is 2.39. The first kappa shape index (κ1) is 12.6. The molecule has 2 N–H and O–H groups in total. The average molecular weight is 232 g/mol. The van der Waals surface area contributed by atoms with E-state index in [1.54, 1.807) is 0 Å². The van der Waals surface area contributed by atoms with Crippen LogP contribution in [0.2, 0.25) is 0 Å². The fraction of sp³-hybridized carbons (Fsp3) is 0.600. The summed E-state index contributed by atoms with van der Waals surface area (Å²) < 4.78 is 0. The van der Waals surface area contributed by atoms with Crippen LogP contribution in [-0.4, -0.2) is 24.5 Å². The standard InChI is InChI=1S/C15H24N2/c1-13(11-16)15-7-5-6-14(10-15)12-17-8-3-2-4-9-17/h5-7,10,13H,2-4,8-9,11-12,16H2,1H3. The molecular weight excluding hydrogens is 208 g/mol. The van der Waals surface area contributed by atoms with Gasteiger partial charge in [-0.15, -0.1) is 0 Å². The fourth-order valence-electron chi connectivity index (χ4n) is 2.51. The second-order valence-electron chi connectivity index (χ2n) is 5.22. The summed E-state index contributed by atoms with van der Waals surface area (Å²) in [5, 5.41) is 0. The first-order chi connectivity index (χ1) is 8.29. The largest absolute Gasteiger partial charge is 0.330 e. The van der Waals surface area contributed by atoms with E-state index in [1.807, 2.05) is 0 Å². The van der Waals surface area contributed by atoms with Crippen molar-refractivity contribution in [2.75, 3.05) is 19.6 Å². The van der Waals surface area contributed by atoms with Crippen LogP contribution in [0.25, 0.3) is 0 Å². The molecular formula is C15H24N2. The van der Waals surface area contributed by atoms with Crippen LogP contribution in [-0.2, 0) is 6.54 Å². The Kier molecular flexibility index (Phi) is 4.57. The first-order valence-electron chi connectivity index (χ1n) is 6.81. The first-order valence-corrected chi connectivity index (χ1v) is 6.81. The molecule has 94 valence electrons. The van der Waals surface area contributed by atoms with Gasteiger partial charge < -0.3 is 5.73 Å². The predicted octanol–water partition coefficient (Wildman–Crippen LogP) is 2.73. The lowest BCUT2D eigenvalue weighted by molar-refractivity contribution is 0.221. The zero-order chi connectivity index (χ0) is 12.1. The third kappa shape index (κ3) is 3.55. The van der Waals surface area contributed by atoms with Crippen molar-refractivity contribution in [1.82, 2.24) is 4.90 Å². The highest BCUT2D eigenvalue weighted by Gasteiger charge is 2.11. The number of rotatable bonds is 4. The van der Waals surface area contributed by atoms with E-state index in [0.717, 1.165) is 13.1 Å². The Bertz CT molecular complexity index is 343. The van der Waals surface area contributed by atoms with Gasteiger partial charge in [0, 0.05) is 6.54 Å². The van der Waals surface area contributed by atoms with Gasteiger partial charge >= 0.3 is 0 Å². The van der Waals surface area contributed by atoms with Gasteiger partial charge in [0.2, 0.25) is 0 Å². The molecule has 0 spiro atoms. The Balaban J connectivity index is 2.00. The van der Waals surface area contributed by atoms with Crippen LogP contribution in [0.1, 0.15) is 43.2 Å². The van der Waals surface area contributed by atoms with Gasteiger partial charge in [0.15, 0.2) is 0 Å². The quantitative estimate of drug-likeness (QED) is 0.865. The highest BCUT2D eigenvalue weighted by Crippen LogP contribution is 2.18. The molecule has 1 heterocycles. The van der Waals surface area contributed by atoms with Crippen LogP contribution in [0.5, 0.6) is 0 Å². The summed E-state index contributed by atoms with van der Waals surface area (Å²) in [5.41, 5.74) is 8.54. The molecule has 1 aliphatic heterocycles. The number of nitrogens with zero attached hydrogens (tertiary/aromatic N) is 1. The number of piperidine rings is 1. The lowest BCUT2D eigenvalue weighted by Crippen LogP contribution is -2.29. The van der Waals surface area contributed by atoms with Crippen LogP contribution >= 0.6 is 0 Å². The van der Waals surface area contributed by atoms with Crippen molar-refractivity contribution in [1.29, 1.82) is 0 Å². The van der Waals surface area contributed by atoms with Crippen LogP contribution < -0.4 is 5.73 Å². The molecule has 0 aromatic heterocycles. The van der Waals surface area contributed by atoms with E-state index >= 15 is 0 Å². The predicted molar refractivity (Wildman–Crippen MR) is 73.0 cm³/mol. The van der Waals surface area contributed by atoms with Crippen LogP contribution in [0.3, 0.4) is 0 Å². The summed E-state index contributed by atoms with van der Waals surface area (Å²) in [6, 6.07) is 8.92. The van der Waals surface area contributed by atoms with E-state index in [2.05, 4.69) is 36.1 Å². The maximum absolute atomic E-state index is 5.73. The van der Waals surface area contributed by atoms with Gasteiger partial charge in [0.25, 0.3) is 0 Å². The molecule has 1 aromatic rings. The van der Waals surface area contributed by atoms with E-state index in [4.69, 9.17) is 5.73 Å². The van der Waals surface area contributed by atoms with Gasteiger partial charge in [-0.05, 0) is 49.5 Å². The molecule has 17 heavy (non-hydrogen) atoms. The number of hydrogen-bond donors (Lipinski definition) is 1. The third-order valence-electron chi connectivity index (χ3n) is 3.73. The molecule has 2 heteroatoms. The molecule has 0 radical (unpaired) electrons. The zero-order valence-electron chi connectivity index (χ0n) is 10.9. The summed E-state index contributed by atoms with van der Waals surface area (Å²) in [7, 11) is 0. The summed E-state index contributed by atoms with van der Waals surface area (Å²) in [6.45, 7) is 6.55. The van der Waals surface area contributed by atoms with E-state index in [-0.39, 0.29) is 0 Å². The fourth-order valence-corrected chi connectivity index (χ4v) is 2.51. The maximum atomic E-state index is 5.73. The van der Waals surface area contributed by atoms with Crippen molar-refractivity contribution >= 4 is 0 Å². The van der Waals surface area contributed by atoms with Crippen molar-refractivity contribution in [3.05, 3.63) is 35.4 Å². The normalized spacial score (nSPS) is 19.2. The monoisotopic (exact) mass is 232 g/mol. The molecule has 0 saturated carbocycles. The minimum atomic E-state index is 0.469. The molecule has 1 aliphatic rings. The highest BCUT2D eigenvalue weighted by atomic mass is 15.1. The Morgan fingerprint density at radius 3 is 2.71 bits per heavy atom. The van der Waals surface area contributed by atoms with Crippen molar-refractivity contribution in [2.24, 2.45) is 5.73 Å². The van der Waals surface area contributed by atoms with Gasteiger partial charge in [-0.3, -0.25) is 4.90 Å².